The van der Waals surface area contributed by atoms with E-state index in [1.807, 2.05) is 43.3 Å². The second kappa shape index (κ2) is 7.11. The minimum atomic E-state index is -0.240. The van der Waals surface area contributed by atoms with Crippen LogP contribution >= 0.6 is 0 Å². The molecule has 4 rings (SSSR count). The Bertz CT molecular complexity index is 1090. The number of nitrogens with one attached hydrogen (secondary N) is 2. The minimum Gasteiger partial charge on any atom is -0.481 e. The maximum Gasteiger partial charge on any atom is 0.213 e. The number of aromatic nitrogens is 2. The van der Waals surface area contributed by atoms with Crippen LogP contribution < -0.4 is 10.1 Å². The Morgan fingerprint density at radius 3 is 2.44 bits per heavy atom. The SMILES string of the molecule is CCNc1ccc(-c2ccc(-c3cc4cc(OC)ncc4[nH]3)cc2)cc1F. The molecule has 0 spiro atoms. The number of hydrogen-bond acceptors (Lipinski definition) is 3. The molecule has 0 atom stereocenters. The molecular weight excluding hydrogens is 341 g/mol. The standard InChI is InChI=1S/C22H20FN3O/c1-3-24-19-9-8-16(10-18(19)23)14-4-6-15(7-5-14)20-11-17-12-22(27-2)25-13-21(17)26-20/h4-13,24,26H,3H2,1-2H3. The van der Waals surface area contributed by atoms with Crippen molar-refractivity contribution >= 4 is 16.6 Å². The van der Waals surface area contributed by atoms with Crippen molar-refractivity contribution in [2.45, 2.75) is 6.92 Å². The second-order valence-electron chi connectivity index (χ2n) is 6.30. The molecular formula is C22H20FN3O. The molecule has 0 aliphatic carbocycles. The zero-order valence-electron chi connectivity index (χ0n) is 15.2. The Hall–Kier alpha value is -3.34. The first-order chi connectivity index (χ1) is 13.2. The lowest BCUT2D eigenvalue weighted by Crippen LogP contribution is -1.99. The number of benzene rings is 2. The normalized spacial score (nSPS) is 10.9. The number of fused-ring (bicyclic) bond motifs is 1. The summed E-state index contributed by atoms with van der Waals surface area (Å²) in [7, 11) is 1.61. The molecule has 4 nitrogen and oxygen atoms in total. The lowest BCUT2D eigenvalue weighted by atomic mass is 10.0. The van der Waals surface area contributed by atoms with Gasteiger partial charge in [0.1, 0.15) is 5.82 Å². The third-order valence-electron chi connectivity index (χ3n) is 4.55. The van der Waals surface area contributed by atoms with Gasteiger partial charge >= 0.3 is 0 Å². The smallest absolute Gasteiger partial charge is 0.213 e. The molecule has 0 unspecified atom stereocenters. The topological polar surface area (TPSA) is 49.9 Å². The first-order valence-electron chi connectivity index (χ1n) is 8.85. The summed E-state index contributed by atoms with van der Waals surface area (Å²) in [4.78, 5) is 7.59. The molecule has 27 heavy (non-hydrogen) atoms. The van der Waals surface area contributed by atoms with Gasteiger partial charge in [-0.1, -0.05) is 30.3 Å². The van der Waals surface area contributed by atoms with Crippen molar-refractivity contribution in [2.24, 2.45) is 0 Å². The van der Waals surface area contributed by atoms with Crippen LogP contribution in [0.25, 0.3) is 33.3 Å². The first-order valence-corrected chi connectivity index (χ1v) is 8.85. The molecule has 2 heterocycles. The van der Waals surface area contributed by atoms with Crippen LogP contribution in [-0.2, 0) is 0 Å². The Morgan fingerprint density at radius 1 is 1.00 bits per heavy atom. The summed E-state index contributed by atoms with van der Waals surface area (Å²) >= 11 is 0. The number of hydrogen-bond donors (Lipinski definition) is 2. The van der Waals surface area contributed by atoms with Crippen molar-refractivity contribution in [1.82, 2.24) is 9.97 Å². The summed E-state index contributed by atoms with van der Waals surface area (Å²) in [5.74, 6) is 0.349. The summed E-state index contributed by atoms with van der Waals surface area (Å²) in [6.45, 7) is 2.64. The van der Waals surface area contributed by atoms with E-state index in [0.717, 1.165) is 33.3 Å². The molecule has 0 saturated carbocycles. The number of methoxy groups -OCH3 is 1. The molecule has 0 amide bonds. The lowest BCUT2D eigenvalue weighted by molar-refractivity contribution is 0.399. The van der Waals surface area contributed by atoms with Gasteiger partial charge < -0.3 is 15.0 Å². The van der Waals surface area contributed by atoms with E-state index >= 15 is 0 Å². The number of H-pyrrole nitrogens is 1. The Balaban J connectivity index is 1.63. The Kier molecular flexibility index (Phi) is 4.50. The van der Waals surface area contributed by atoms with Gasteiger partial charge in [0.15, 0.2) is 0 Å². The monoisotopic (exact) mass is 361 g/mol. The zero-order valence-corrected chi connectivity index (χ0v) is 15.2. The van der Waals surface area contributed by atoms with Crippen molar-refractivity contribution in [1.29, 1.82) is 0 Å². The van der Waals surface area contributed by atoms with E-state index < -0.39 is 0 Å². The molecule has 4 aromatic rings. The number of aromatic amines is 1. The van der Waals surface area contributed by atoms with Crippen molar-refractivity contribution < 1.29 is 9.13 Å². The van der Waals surface area contributed by atoms with Gasteiger partial charge in [0.25, 0.3) is 0 Å². The average molecular weight is 361 g/mol. The molecule has 0 aliphatic heterocycles. The predicted molar refractivity (Wildman–Crippen MR) is 108 cm³/mol. The second-order valence-corrected chi connectivity index (χ2v) is 6.30. The van der Waals surface area contributed by atoms with Crippen molar-refractivity contribution in [3.63, 3.8) is 0 Å². The van der Waals surface area contributed by atoms with Crippen molar-refractivity contribution in [2.75, 3.05) is 19.0 Å². The van der Waals surface area contributed by atoms with E-state index in [9.17, 15) is 4.39 Å². The summed E-state index contributed by atoms with van der Waals surface area (Å²) in [6.07, 6.45) is 1.76. The maximum atomic E-state index is 14.2. The summed E-state index contributed by atoms with van der Waals surface area (Å²) in [5, 5.41) is 4.06. The summed E-state index contributed by atoms with van der Waals surface area (Å²) in [5.41, 5.74) is 5.36. The number of halogens is 1. The molecule has 0 fully saturated rings. The third kappa shape index (κ3) is 3.36. The fourth-order valence-electron chi connectivity index (χ4n) is 3.15. The van der Waals surface area contributed by atoms with Gasteiger partial charge in [0, 0.05) is 23.7 Å². The zero-order chi connectivity index (χ0) is 18.8. The van der Waals surface area contributed by atoms with Crippen LogP contribution in [0.4, 0.5) is 10.1 Å². The predicted octanol–water partition coefficient (Wildman–Crippen LogP) is 5.48. The lowest BCUT2D eigenvalue weighted by Gasteiger charge is -2.08. The number of pyridine rings is 1. The largest absolute Gasteiger partial charge is 0.481 e. The Morgan fingerprint density at radius 2 is 1.74 bits per heavy atom. The van der Waals surface area contributed by atoms with E-state index in [4.69, 9.17) is 4.74 Å². The van der Waals surface area contributed by atoms with Gasteiger partial charge in [-0.15, -0.1) is 0 Å². The average Bonchev–Trinajstić information content (AvgIpc) is 3.13. The minimum absolute atomic E-state index is 0.240. The molecule has 2 aromatic carbocycles. The highest BCUT2D eigenvalue weighted by Gasteiger charge is 2.08. The van der Waals surface area contributed by atoms with E-state index in [-0.39, 0.29) is 5.82 Å². The molecule has 5 heteroatoms. The van der Waals surface area contributed by atoms with Gasteiger partial charge in [0.2, 0.25) is 5.88 Å². The van der Waals surface area contributed by atoms with Crippen molar-refractivity contribution in [3.8, 4) is 28.3 Å². The highest BCUT2D eigenvalue weighted by atomic mass is 19.1. The van der Waals surface area contributed by atoms with Gasteiger partial charge in [-0.25, -0.2) is 9.37 Å². The maximum absolute atomic E-state index is 14.2. The van der Waals surface area contributed by atoms with E-state index in [1.165, 1.54) is 0 Å². The van der Waals surface area contributed by atoms with Gasteiger partial charge in [-0.2, -0.15) is 0 Å². The highest BCUT2D eigenvalue weighted by molar-refractivity contribution is 5.86. The highest BCUT2D eigenvalue weighted by Crippen LogP contribution is 2.29. The molecule has 0 saturated heterocycles. The molecule has 2 N–H and O–H groups in total. The van der Waals surface area contributed by atoms with Gasteiger partial charge in [-0.3, -0.25) is 0 Å². The van der Waals surface area contributed by atoms with Crippen LogP contribution in [0.3, 0.4) is 0 Å². The van der Waals surface area contributed by atoms with Gasteiger partial charge in [-0.05, 0) is 41.8 Å². The van der Waals surface area contributed by atoms with Crippen LogP contribution in [0.1, 0.15) is 6.92 Å². The first kappa shape index (κ1) is 17.1. The number of anilines is 1. The number of rotatable bonds is 5. The number of nitrogens with zero attached hydrogens (tertiary/aromatic N) is 1. The van der Waals surface area contributed by atoms with Crippen LogP contribution in [-0.4, -0.2) is 23.6 Å². The Labute approximate surface area is 157 Å². The fourth-order valence-corrected chi connectivity index (χ4v) is 3.15. The van der Waals surface area contributed by atoms with E-state index in [0.29, 0.717) is 18.1 Å². The van der Waals surface area contributed by atoms with Crippen LogP contribution in [0.5, 0.6) is 5.88 Å². The number of ether oxygens (including phenoxy) is 1. The third-order valence-corrected chi connectivity index (χ3v) is 4.55. The van der Waals surface area contributed by atoms with E-state index in [1.54, 1.807) is 25.4 Å². The van der Waals surface area contributed by atoms with E-state index in [2.05, 4.69) is 21.4 Å². The summed E-state index contributed by atoms with van der Waals surface area (Å²) in [6, 6.07) is 17.3. The molecule has 0 bridgehead atoms. The quantitative estimate of drug-likeness (QED) is 0.495. The van der Waals surface area contributed by atoms with Crippen molar-refractivity contribution in [3.05, 3.63) is 66.6 Å². The van der Waals surface area contributed by atoms with Crippen LogP contribution in [0.15, 0.2) is 60.8 Å². The molecule has 136 valence electrons. The molecule has 2 aromatic heterocycles. The van der Waals surface area contributed by atoms with Gasteiger partial charge in [0.05, 0.1) is 24.5 Å². The van der Waals surface area contributed by atoms with Crippen LogP contribution in [0.2, 0.25) is 0 Å². The molecule has 0 aliphatic rings. The fraction of sp³-hybridized carbons (Fsp3) is 0.136. The molecule has 0 radical (unpaired) electrons. The summed E-state index contributed by atoms with van der Waals surface area (Å²) < 4.78 is 19.3. The van der Waals surface area contributed by atoms with Crippen LogP contribution in [0, 0.1) is 5.82 Å².